The molecule has 21 heavy (non-hydrogen) atoms. The number of ether oxygens (including phenoxy) is 1. The van der Waals surface area contributed by atoms with E-state index in [-0.39, 0.29) is 29.8 Å². The lowest BCUT2D eigenvalue weighted by molar-refractivity contribution is -0.148. The highest BCUT2D eigenvalue weighted by molar-refractivity contribution is 5.85. The number of hydrogen-bond acceptors (Lipinski definition) is 3. The molecule has 0 aromatic heterocycles. The van der Waals surface area contributed by atoms with Crippen molar-refractivity contribution in [2.75, 3.05) is 19.6 Å². The van der Waals surface area contributed by atoms with Gasteiger partial charge in [-0.15, -0.1) is 12.4 Å². The van der Waals surface area contributed by atoms with Crippen molar-refractivity contribution in [3.8, 4) is 0 Å². The summed E-state index contributed by atoms with van der Waals surface area (Å²) in [5.41, 5.74) is 5.92. The molecule has 0 radical (unpaired) electrons. The molecule has 2 rings (SSSR count). The van der Waals surface area contributed by atoms with E-state index in [9.17, 15) is 4.79 Å². The van der Waals surface area contributed by atoms with Gasteiger partial charge in [-0.3, -0.25) is 4.79 Å². The van der Waals surface area contributed by atoms with E-state index in [0.717, 1.165) is 38.8 Å². The first-order valence-corrected chi connectivity index (χ1v) is 8.22. The molecule has 0 spiro atoms. The lowest BCUT2D eigenvalue weighted by atomic mass is 9.90. The number of amides is 1. The fourth-order valence-corrected chi connectivity index (χ4v) is 3.34. The maximum absolute atomic E-state index is 12.6. The molecule has 2 unspecified atom stereocenters. The molecular formula is C16H31ClN2O2. The van der Waals surface area contributed by atoms with Gasteiger partial charge in [-0.25, -0.2) is 0 Å². The van der Waals surface area contributed by atoms with Gasteiger partial charge in [0.1, 0.15) is 6.10 Å². The number of carbonyl (C=O) groups is 1. The molecule has 1 saturated carbocycles. The van der Waals surface area contributed by atoms with Crippen LogP contribution in [0.1, 0.15) is 58.8 Å². The molecule has 1 amide bonds. The van der Waals surface area contributed by atoms with Crippen LogP contribution in [0.15, 0.2) is 0 Å². The van der Waals surface area contributed by atoms with Gasteiger partial charge in [-0.1, -0.05) is 33.1 Å². The molecule has 0 aromatic rings. The molecule has 2 fully saturated rings. The minimum Gasteiger partial charge on any atom is -0.365 e. The van der Waals surface area contributed by atoms with E-state index < -0.39 is 0 Å². The van der Waals surface area contributed by atoms with Crippen molar-refractivity contribution < 1.29 is 9.53 Å². The Hall–Kier alpha value is -0.320. The Bertz CT molecular complexity index is 334. The zero-order valence-corrected chi connectivity index (χ0v) is 14.3. The van der Waals surface area contributed by atoms with E-state index >= 15 is 0 Å². The average molecular weight is 319 g/mol. The molecule has 1 aliphatic heterocycles. The average Bonchev–Trinajstić information content (AvgIpc) is 2.88. The normalized spacial score (nSPS) is 28.2. The Balaban J connectivity index is 0.00000220. The third-order valence-electron chi connectivity index (χ3n) is 4.92. The Kier molecular flexibility index (Phi) is 7.45. The Morgan fingerprint density at radius 2 is 2.05 bits per heavy atom. The van der Waals surface area contributed by atoms with Gasteiger partial charge in [0.2, 0.25) is 0 Å². The summed E-state index contributed by atoms with van der Waals surface area (Å²) in [4.78, 5) is 14.6. The SMILES string of the molecule is CCC(OC1CCCCC1)C(=O)N1CCC(C)(CN)C1.Cl. The van der Waals surface area contributed by atoms with Gasteiger partial charge in [0.15, 0.2) is 0 Å². The third-order valence-corrected chi connectivity index (χ3v) is 4.92. The molecule has 5 heteroatoms. The number of likely N-dealkylation sites (tertiary alicyclic amines) is 1. The maximum atomic E-state index is 12.6. The molecule has 0 aromatic carbocycles. The number of hydrogen-bond donors (Lipinski definition) is 1. The molecule has 1 aliphatic carbocycles. The summed E-state index contributed by atoms with van der Waals surface area (Å²) in [5, 5.41) is 0. The van der Waals surface area contributed by atoms with Crippen LogP contribution in [-0.4, -0.2) is 42.6 Å². The highest BCUT2D eigenvalue weighted by Crippen LogP contribution is 2.30. The number of rotatable bonds is 5. The highest BCUT2D eigenvalue weighted by atomic mass is 35.5. The quantitative estimate of drug-likeness (QED) is 0.848. The lowest BCUT2D eigenvalue weighted by Gasteiger charge is -2.30. The summed E-state index contributed by atoms with van der Waals surface area (Å²) in [6.07, 6.45) is 7.84. The minimum atomic E-state index is -0.252. The molecule has 1 heterocycles. The van der Waals surface area contributed by atoms with Crippen molar-refractivity contribution in [1.29, 1.82) is 0 Å². The van der Waals surface area contributed by atoms with Gasteiger partial charge in [-0.2, -0.15) is 0 Å². The minimum absolute atomic E-state index is 0. The van der Waals surface area contributed by atoms with Crippen molar-refractivity contribution in [1.82, 2.24) is 4.90 Å². The molecule has 1 saturated heterocycles. The largest absolute Gasteiger partial charge is 0.365 e. The second-order valence-corrected chi connectivity index (χ2v) is 6.82. The van der Waals surface area contributed by atoms with Crippen LogP contribution in [0.25, 0.3) is 0 Å². The molecule has 0 bridgehead atoms. The fraction of sp³-hybridized carbons (Fsp3) is 0.938. The smallest absolute Gasteiger partial charge is 0.251 e. The van der Waals surface area contributed by atoms with Crippen molar-refractivity contribution in [2.24, 2.45) is 11.1 Å². The van der Waals surface area contributed by atoms with Crippen molar-refractivity contribution in [2.45, 2.75) is 71.0 Å². The topological polar surface area (TPSA) is 55.6 Å². The van der Waals surface area contributed by atoms with Crippen molar-refractivity contribution in [3.63, 3.8) is 0 Å². The number of nitrogens with two attached hydrogens (primary N) is 1. The van der Waals surface area contributed by atoms with E-state index in [1.54, 1.807) is 0 Å². The van der Waals surface area contributed by atoms with Crippen LogP contribution in [0.3, 0.4) is 0 Å². The maximum Gasteiger partial charge on any atom is 0.251 e. The molecular weight excluding hydrogens is 288 g/mol. The zero-order chi connectivity index (χ0) is 14.6. The van der Waals surface area contributed by atoms with Crippen LogP contribution >= 0.6 is 12.4 Å². The van der Waals surface area contributed by atoms with Crippen LogP contribution in [-0.2, 0) is 9.53 Å². The second kappa shape index (κ2) is 8.35. The van der Waals surface area contributed by atoms with Crippen LogP contribution in [0.2, 0.25) is 0 Å². The van der Waals surface area contributed by atoms with Gasteiger partial charge in [0, 0.05) is 13.1 Å². The highest BCUT2D eigenvalue weighted by Gasteiger charge is 2.37. The van der Waals surface area contributed by atoms with E-state index in [1.165, 1.54) is 19.3 Å². The van der Waals surface area contributed by atoms with Gasteiger partial charge in [0.25, 0.3) is 5.91 Å². The monoisotopic (exact) mass is 318 g/mol. The van der Waals surface area contributed by atoms with Crippen LogP contribution < -0.4 is 5.73 Å². The predicted octanol–water partition coefficient (Wildman–Crippen LogP) is 2.73. The molecule has 2 aliphatic rings. The predicted molar refractivity (Wildman–Crippen MR) is 87.6 cm³/mol. The Labute approximate surface area is 135 Å². The first kappa shape index (κ1) is 18.7. The van der Waals surface area contributed by atoms with Gasteiger partial charge >= 0.3 is 0 Å². The summed E-state index contributed by atoms with van der Waals surface area (Å²) in [7, 11) is 0. The summed E-state index contributed by atoms with van der Waals surface area (Å²) in [5.74, 6) is 0.176. The summed E-state index contributed by atoms with van der Waals surface area (Å²) < 4.78 is 6.09. The number of carbonyl (C=O) groups excluding carboxylic acids is 1. The van der Waals surface area contributed by atoms with Crippen LogP contribution in [0, 0.1) is 5.41 Å². The Morgan fingerprint density at radius 1 is 1.38 bits per heavy atom. The lowest BCUT2D eigenvalue weighted by Crippen LogP contribution is -2.42. The van der Waals surface area contributed by atoms with E-state index in [0.29, 0.717) is 12.6 Å². The van der Waals surface area contributed by atoms with E-state index in [2.05, 4.69) is 6.92 Å². The summed E-state index contributed by atoms with van der Waals surface area (Å²) in [6.45, 7) is 6.48. The van der Waals surface area contributed by atoms with Crippen LogP contribution in [0.5, 0.6) is 0 Å². The van der Waals surface area contributed by atoms with Crippen molar-refractivity contribution >= 4 is 18.3 Å². The van der Waals surface area contributed by atoms with E-state index in [1.807, 2.05) is 11.8 Å². The summed E-state index contributed by atoms with van der Waals surface area (Å²) in [6, 6.07) is 0. The first-order chi connectivity index (χ1) is 9.58. The molecule has 2 atom stereocenters. The molecule has 124 valence electrons. The van der Waals surface area contributed by atoms with Crippen molar-refractivity contribution in [3.05, 3.63) is 0 Å². The molecule has 4 nitrogen and oxygen atoms in total. The van der Waals surface area contributed by atoms with Gasteiger partial charge in [0.05, 0.1) is 6.10 Å². The Morgan fingerprint density at radius 3 is 2.57 bits per heavy atom. The van der Waals surface area contributed by atoms with Gasteiger partial charge < -0.3 is 15.4 Å². The third kappa shape index (κ3) is 4.83. The number of halogens is 1. The molecule has 2 N–H and O–H groups in total. The number of nitrogens with zero attached hydrogens (tertiary/aromatic N) is 1. The summed E-state index contributed by atoms with van der Waals surface area (Å²) >= 11 is 0. The first-order valence-electron chi connectivity index (χ1n) is 8.22. The zero-order valence-electron chi connectivity index (χ0n) is 13.5. The van der Waals surface area contributed by atoms with Crippen LogP contribution in [0.4, 0.5) is 0 Å². The second-order valence-electron chi connectivity index (χ2n) is 6.82. The van der Waals surface area contributed by atoms with E-state index in [4.69, 9.17) is 10.5 Å². The van der Waals surface area contributed by atoms with Gasteiger partial charge in [-0.05, 0) is 37.6 Å². The standard InChI is InChI=1S/C16H30N2O2.ClH/c1-3-14(20-13-7-5-4-6-8-13)15(19)18-10-9-16(2,11-17)12-18;/h13-14H,3-12,17H2,1-2H3;1H. The fourth-order valence-electron chi connectivity index (χ4n) is 3.34.